The van der Waals surface area contributed by atoms with Crippen LogP contribution in [0.1, 0.15) is 22.9 Å². The molecule has 2 heterocycles. The molecule has 1 aromatic heterocycles. The smallest absolute Gasteiger partial charge is 0.119 e. The van der Waals surface area contributed by atoms with E-state index in [2.05, 4.69) is 58.8 Å². The molecule has 3 heteroatoms. The van der Waals surface area contributed by atoms with Crippen molar-refractivity contribution in [1.82, 2.24) is 10.3 Å². The van der Waals surface area contributed by atoms with Gasteiger partial charge in [0.25, 0.3) is 0 Å². The third kappa shape index (κ3) is 2.68. The second-order valence-corrected chi connectivity index (χ2v) is 6.00. The van der Waals surface area contributed by atoms with Gasteiger partial charge in [0, 0.05) is 24.0 Å². The van der Waals surface area contributed by atoms with Crippen LogP contribution < -0.4 is 10.1 Å². The summed E-state index contributed by atoms with van der Waals surface area (Å²) in [5.74, 6) is 0.938. The van der Waals surface area contributed by atoms with Gasteiger partial charge < -0.3 is 10.1 Å². The Balaban J connectivity index is 1.70. The molecule has 116 valence electrons. The SMILES string of the molecule is COc1ccc2c(c1)CCNC2Cc1nccc2ccccc12. The maximum Gasteiger partial charge on any atom is 0.119 e. The lowest BCUT2D eigenvalue weighted by molar-refractivity contribution is 0.412. The van der Waals surface area contributed by atoms with Crippen molar-refractivity contribution in [2.75, 3.05) is 13.7 Å². The number of nitrogens with zero attached hydrogens (tertiary/aromatic N) is 1. The van der Waals surface area contributed by atoms with E-state index in [1.54, 1.807) is 7.11 Å². The maximum atomic E-state index is 5.36. The van der Waals surface area contributed by atoms with Gasteiger partial charge in [-0.1, -0.05) is 30.3 Å². The second-order valence-electron chi connectivity index (χ2n) is 6.00. The van der Waals surface area contributed by atoms with Crippen LogP contribution in [0.2, 0.25) is 0 Å². The highest BCUT2D eigenvalue weighted by Gasteiger charge is 2.21. The average Bonchev–Trinajstić information content (AvgIpc) is 2.62. The highest BCUT2D eigenvalue weighted by molar-refractivity contribution is 5.84. The van der Waals surface area contributed by atoms with Gasteiger partial charge in [0.15, 0.2) is 0 Å². The number of ether oxygens (including phenoxy) is 1. The third-order valence-electron chi connectivity index (χ3n) is 4.66. The largest absolute Gasteiger partial charge is 0.497 e. The number of rotatable bonds is 3. The minimum Gasteiger partial charge on any atom is -0.497 e. The summed E-state index contributed by atoms with van der Waals surface area (Å²) in [4.78, 5) is 4.64. The summed E-state index contributed by atoms with van der Waals surface area (Å²) in [5.41, 5.74) is 3.91. The Hall–Kier alpha value is -2.39. The molecule has 1 unspecified atom stereocenters. The van der Waals surface area contributed by atoms with Crippen molar-refractivity contribution in [3.63, 3.8) is 0 Å². The van der Waals surface area contributed by atoms with Gasteiger partial charge in [0.1, 0.15) is 5.75 Å². The molecule has 3 nitrogen and oxygen atoms in total. The van der Waals surface area contributed by atoms with Crippen molar-refractivity contribution in [3.05, 3.63) is 71.5 Å². The van der Waals surface area contributed by atoms with E-state index in [0.717, 1.165) is 30.8 Å². The zero-order valence-corrected chi connectivity index (χ0v) is 13.3. The van der Waals surface area contributed by atoms with Gasteiger partial charge in [-0.15, -0.1) is 0 Å². The fraction of sp³-hybridized carbons (Fsp3) is 0.250. The molecule has 0 amide bonds. The molecule has 23 heavy (non-hydrogen) atoms. The summed E-state index contributed by atoms with van der Waals surface area (Å²) in [6.45, 7) is 0.996. The molecule has 0 bridgehead atoms. The van der Waals surface area contributed by atoms with E-state index in [4.69, 9.17) is 4.74 Å². The molecular formula is C20H20N2O. The number of benzene rings is 2. The van der Waals surface area contributed by atoms with Gasteiger partial charge in [-0.2, -0.15) is 0 Å². The van der Waals surface area contributed by atoms with Crippen molar-refractivity contribution in [3.8, 4) is 5.75 Å². The van der Waals surface area contributed by atoms with Crippen LogP contribution in [-0.4, -0.2) is 18.6 Å². The van der Waals surface area contributed by atoms with Crippen molar-refractivity contribution in [1.29, 1.82) is 0 Å². The maximum absolute atomic E-state index is 5.36. The average molecular weight is 304 g/mol. The quantitative estimate of drug-likeness (QED) is 0.801. The Morgan fingerprint density at radius 3 is 3.00 bits per heavy atom. The third-order valence-corrected chi connectivity index (χ3v) is 4.66. The van der Waals surface area contributed by atoms with Crippen LogP contribution in [0.3, 0.4) is 0 Å². The molecule has 0 saturated heterocycles. The van der Waals surface area contributed by atoms with Gasteiger partial charge in [-0.25, -0.2) is 0 Å². The summed E-state index contributed by atoms with van der Waals surface area (Å²) in [5, 5.41) is 6.15. The molecular weight excluding hydrogens is 284 g/mol. The first-order valence-corrected chi connectivity index (χ1v) is 8.08. The predicted octanol–water partition coefficient (Wildman–Crippen LogP) is 3.67. The van der Waals surface area contributed by atoms with Gasteiger partial charge >= 0.3 is 0 Å². The van der Waals surface area contributed by atoms with Crippen LogP contribution in [0, 0.1) is 0 Å². The highest BCUT2D eigenvalue weighted by atomic mass is 16.5. The molecule has 0 radical (unpaired) electrons. The van der Waals surface area contributed by atoms with Gasteiger partial charge in [0.05, 0.1) is 12.8 Å². The molecule has 0 saturated carbocycles. The lowest BCUT2D eigenvalue weighted by atomic mass is 9.90. The van der Waals surface area contributed by atoms with E-state index >= 15 is 0 Å². The molecule has 0 spiro atoms. The molecule has 3 aromatic rings. The molecule has 0 aliphatic carbocycles. The van der Waals surface area contributed by atoms with Crippen molar-refractivity contribution >= 4 is 10.8 Å². The van der Waals surface area contributed by atoms with Crippen LogP contribution >= 0.6 is 0 Å². The summed E-state index contributed by atoms with van der Waals surface area (Å²) in [6, 6.07) is 17.3. The Labute approximate surface area is 136 Å². The molecule has 1 aliphatic rings. The molecule has 1 atom stereocenters. The Kier molecular flexibility index (Phi) is 3.72. The number of methoxy groups -OCH3 is 1. The van der Waals surface area contributed by atoms with Gasteiger partial charge in [0.2, 0.25) is 0 Å². The van der Waals surface area contributed by atoms with E-state index < -0.39 is 0 Å². The minimum absolute atomic E-state index is 0.308. The normalized spacial score (nSPS) is 17.0. The second kappa shape index (κ2) is 6.01. The number of hydrogen-bond donors (Lipinski definition) is 1. The topological polar surface area (TPSA) is 34.1 Å². The van der Waals surface area contributed by atoms with Crippen LogP contribution in [0.4, 0.5) is 0 Å². The van der Waals surface area contributed by atoms with E-state index in [-0.39, 0.29) is 0 Å². The zero-order valence-electron chi connectivity index (χ0n) is 13.3. The van der Waals surface area contributed by atoms with Gasteiger partial charge in [-0.05, 0) is 47.7 Å². The monoisotopic (exact) mass is 304 g/mol. The number of aromatic nitrogens is 1. The van der Waals surface area contributed by atoms with Crippen molar-refractivity contribution in [2.45, 2.75) is 18.9 Å². The van der Waals surface area contributed by atoms with E-state index in [1.807, 2.05) is 6.20 Å². The highest BCUT2D eigenvalue weighted by Crippen LogP contribution is 2.30. The first-order valence-electron chi connectivity index (χ1n) is 8.08. The lowest BCUT2D eigenvalue weighted by Gasteiger charge is -2.27. The lowest BCUT2D eigenvalue weighted by Crippen LogP contribution is -2.31. The minimum atomic E-state index is 0.308. The molecule has 0 fully saturated rings. The van der Waals surface area contributed by atoms with Crippen LogP contribution in [0.25, 0.3) is 10.8 Å². The summed E-state index contributed by atoms with van der Waals surface area (Å²) in [7, 11) is 1.72. The van der Waals surface area contributed by atoms with Crippen LogP contribution in [0.5, 0.6) is 5.75 Å². The van der Waals surface area contributed by atoms with Gasteiger partial charge in [-0.3, -0.25) is 4.98 Å². The van der Waals surface area contributed by atoms with E-state index in [0.29, 0.717) is 6.04 Å². The first kappa shape index (κ1) is 14.2. The summed E-state index contributed by atoms with van der Waals surface area (Å²) >= 11 is 0. The van der Waals surface area contributed by atoms with Crippen molar-refractivity contribution < 1.29 is 4.74 Å². The van der Waals surface area contributed by atoms with Crippen LogP contribution in [-0.2, 0) is 12.8 Å². The fourth-order valence-electron chi connectivity index (χ4n) is 3.48. The fourth-order valence-corrected chi connectivity index (χ4v) is 3.48. The predicted molar refractivity (Wildman–Crippen MR) is 92.9 cm³/mol. The molecule has 2 aromatic carbocycles. The number of nitrogens with one attached hydrogen (secondary N) is 1. The molecule has 1 N–H and O–H groups in total. The summed E-state index contributed by atoms with van der Waals surface area (Å²) in [6.07, 6.45) is 3.86. The number of pyridine rings is 1. The first-order chi connectivity index (χ1) is 11.3. The van der Waals surface area contributed by atoms with Crippen molar-refractivity contribution in [2.24, 2.45) is 0 Å². The van der Waals surface area contributed by atoms with E-state index in [1.165, 1.54) is 21.9 Å². The Morgan fingerprint density at radius 2 is 2.09 bits per heavy atom. The summed E-state index contributed by atoms with van der Waals surface area (Å²) < 4.78 is 5.36. The zero-order chi connectivity index (χ0) is 15.6. The number of fused-ring (bicyclic) bond motifs is 2. The Bertz CT molecular complexity index is 839. The molecule has 4 rings (SSSR count). The van der Waals surface area contributed by atoms with E-state index in [9.17, 15) is 0 Å². The Morgan fingerprint density at radius 1 is 1.17 bits per heavy atom. The van der Waals surface area contributed by atoms with Crippen LogP contribution in [0.15, 0.2) is 54.7 Å². The number of hydrogen-bond acceptors (Lipinski definition) is 3. The standard InChI is InChI=1S/C20H20N2O/c1-23-16-6-7-18-15(12-16)9-11-22-20(18)13-19-17-5-3-2-4-14(17)8-10-21-19/h2-8,10,12,20,22H,9,11,13H2,1H3. The molecule has 1 aliphatic heterocycles.